The summed E-state index contributed by atoms with van der Waals surface area (Å²) < 4.78 is 12.0. The minimum Gasteiger partial charge on any atom is -0.497 e. The molecule has 0 aliphatic carbocycles. The summed E-state index contributed by atoms with van der Waals surface area (Å²) in [5, 5.41) is 13.9. The number of aryl methyl sites for hydroxylation is 1. The van der Waals surface area contributed by atoms with E-state index in [4.69, 9.17) is 9.47 Å². The van der Waals surface area contributed by atoms with Crippen molar-refractivity contribution in [3.8, 4) is 17.2 Å². The largest absolute Gasteiger partial charge is 0.497 e. The first kappa shape index (κ1) is 16.4. The minimum absolute atomic E-state index is 0.235. The standard InChI is InChI=1S/C17H17N5O3/c1-11-6-12(4-5-16(11)22-10-18-20-21-22)17(23)19-13-7-14(24-2)9-15(8-13)25-3/h4-10H,1-3H3,(H,19,23). The number of ether oxygens (including phenoxy) is 2. The molecule has 25 heavy (non-hydrogen) atoms. The van der Waals surface area contributed by atoms with Crippen LogP contribution in [0.15, 0.2) is 42.7 Å². The van der Waals surface area contributed by atoms with E-state index < -0.39 is 0 Å². The Morgan fingerprint density at radius 1 is 1.08 bits per heavy atom. The van der Waals surface area contributed by atoms with Gasteiger partial charge in [-0.15, -0.1) is 5.10 Å². The third kappa shape index (κ3) is 3.57. The van der Waals surface area contributed by atoms with E-state index in [1.165, 1.54) is 6.33 Å². The maximum atomic E-state index is 12.5. The molecule has 3 aromatic rings. The van der Waals surface area contributed by atoms with Crippen molar-refractivity contribution in [2.45, 2.75) is 6.92 Å². The quantitative estimate of drug-likeness (QED) is 0.766. The first-order valence-corrected chi connectivity index (χ1v) is 7.49. The highest BCUT2D eigenvalue weighted by molar-refractivity contribution is 6.04. The molecule has 1 aromatic heterocycles. The van der Waals surface area contributed by atoms with Crippen LogP contribution >= 0.6 is 0 Å². The Bertz CT molecular complexity index is 871. The molecule has 1 heterocycles. The van der Waals surface area contributed by atoms with Gasteiger partial charge in [0.1, 0.15) is 17.8 Å². The fourth-order valence-electron chi connectivity index (χ4n) is 2.41. The summed E-state index contributed by atoms with van der Waals surface area (Å²) in [6, 6.07) is 10.5. The molecule has 8 nitrogen and oxygen atoms in total. The molecule has 0 spiro atoms. The molecule has 0 radical (unpaired) electrons. The molecule has 2 aromatic carbocycles. The van der Waals surface area contributed by atoms with Gasteiger partial charge in [0.25, 0.3) is 5.91 Å². The average Bonchev–Trinajstić information content (AvgIpc) is 3.15. The van der Waals surface area contributed by atoms with Crippen LogP contribution in [0.5, 0.6) is 11.5 Å². The molecule has 0 saturated carbocycles. The summed E-state index contributed by atoms with van der Waals surface area (Å²) in [5.74, 6) is 0.960. The van der Waals surface area contributed by atoms with Crippen LogP contribution in [0.1, 0.15) is 15.9 Å². The maximum Gasteiger partial charge on any atom is 0.255 e. The van der Waals surface area contributed by atoms with Crippen molar-refractivity contribution in [2.75, 3.05) is 19.5 Å². The second kappa shape index (κ2) is 7.00. The zero-order chi connectivity index (χ0) is 17.8. The monoisotopic (exact) mass is 339 g/mol. The van der Waals surface area contributed by atoms with E-state index in [-0.39, 0.29) is 5.91 Å². The Morgan fingerprint density at radius 2 is 1.80 bits per heavy atom. The van der Waals surface area contributed by atoms with Crippen LogP contribution in [0.25, 0.3) is 5.69 Å². The highest BCUT2D eigenvalue weighted by atomic mass is 16.5. The number of hydrogen-bond acceptors (Lipinski definition) is 6. The predicted molar refractivity (Wildman–Crippen MR) is 91.4 cm³/mol. The Kier molecular flexibility index (Phi) is 4.60. The Morgan fingerprint density at radius 3 is 2.36 bits per heavy atom. The lowest BCUT2D eigenvalue weighted by molar-refractivity contribution is 0.102. The smallest absolute Gasteiger partial charge is 0.255 e. The second-order valence-corrected chi connectivity index (χ2v) is 5.31. The topological polar surface area (TPSA) is 91.2 Å². The number of methoxy groups -OCH3 is 2. The van der Waals surface area contributed by atoms with Crippen LogP contribution in [-0.2, 0) is 0 Å². The number of nitrogens with one attached hydrogen (secondary N) is 1. The number of anilines is 1. The van der Waals surface area contributed by atoms with Crippen LogP contribution in [-0.4, -0.2) is 40.3 Å². The number of rotatable bonds is 5. The second-order valence-electron chi connectivity index (χ2n) is 5.31. The normalized spacial score (nSPS) is 10.4. The summed E-state index contributed by atoms with van der Waals surface area (Å²) in [6.45, 7) is 1.89. The van der Waals surface area contributed by atoms with Gasteiger partial charge in [-0.3, -0.25) is 4.79 Å². The van der Waals surface area contributed by atoms with Crippen molar-refractivity contribution in [3.05, 3.63) is 53.9 Å². The first-order chi connectivity index (χ1) is 12.1. The fourth-order valence-corrected chi connectivity index (χ4v) is 2.41. The Balaban J connectivity index is 1.83. The fraction of sp³-hybridized carbons (Fsp3) is 0.176. The van der Waals surface area contributed by atoms with Crippen LogP contribution in [0, 0.1) is 6.92 Å². The van der Waals surface area contributed by atoms with Crippen LogP contribution in [0.2, 0.25) is 0 Å². The molecule has 0 atom stereocenters. The third-order valence-corrected chi connectivity index (χ3v) is 3.66. The van der Waals surface area contributed by atoms with Crippen molar-refractivity contribution in [3.63, 3.8) is 0 Å². The van der Waals surface area contributed by atoms with Gasteiger partial charge in [0.05, 0.1) is 19.9 Å². The molecule has 0 unspecified atom stereocenters. The molecule has 0 fully saturated rings. The summed E-state index contributed by atoms with van der Waals surface area (Å²) in [4.78, 5) is 12.5. The van der Waals surface area contributed by atoms with Crippen molar-refractivity contribution >= 4 is 11.6 Å². The molecule has 8 heteroatoms. The number of carbonyl (C=O) groups excluding carboxylic acids is 1. The molecular weight excluding hydrogens is 322 g/mol. The van der Waals surface area contributed by atoms with Crippen LogP contribution in [0.3, 0.4) is 0 Å². The van der Waals surface area contributed by atoms with E-state index >= 15 is 0 Å². The van der Waals surface area contributed by atoms with Gasteiger partial charge in [0, 0.05) is 29.4 Å². The van der Waals surface area contributed by atoms with Crippen molar-refractivity contribution in [1.82, 2.24) is 20.2 Å². The third-order valence-electron chi connectivity index (χ3n) is 3.66. The van der Waals surface area contributed by atoms with E-state index in [2.05, 4.69) is 20.8 Å². The van der Waals surface area contributed by atoms with Gasteiger partial charge in [-0.25, -0.2) is 4.68 Å². The van der Waals surface area contributed by atoms with Gasteiger partial charge in [-0.2, -0.15) is 0 Å². The van der Waals surface area contributed by atoms with Gasteiger partial charge in [-0.05, 0) is 41.1 Å². The number of hydrogen-bond donors (Lipinski definition) is 1. The summed E-state index contributed by atoms with van der Waals surface area (Å²) in [7, 11) is 3.11. The van der Waals surface area contributed by atoms with E-state index in [0.29, 0.717) is 22.7 Å². The lowest BCUT2D eigenvalue weighted by Gasteiger charge is -2.11. The van der Waals surface area contributed by atoms with Crippen LogP contribution < -0.4 is 14.8 Å². The van der Waals surface area contributed by atoms with E-state index in [0.717, 1.165) is 11.3 Å². The molecule has 0 saturated heterocycles. The summed E-state index contributed by atoms with van der Waals surface area (Å²) in [5.41, 5.74) is 2.80. The molecule has 1 N–H and O–H groups in total. The summed E-state index contributed by atoms with van der Waals surface area (Å²) in [6.07, 6.45) is 1.50. The molecule has 3 rings (SSSR count). The number of carbonyl (C=O) groups is 1. The number of nitrogens with zero attached hydrogens (tertiary/aromatic N) is 4. The van der Waals surface area contributed by atoms with Gasteiger partial charge in [0.2, 0.25) is 0 Å². The number of benzene rings is 2. The Labute approximate surface area is 144 Å². The van der Waals surface area contributed by atoms with E-state index in [9.17, 15) is 4.79 Å². The Hall–Kier alpha value is -3.42. The van der Waals surface area contributed by atoms with Gasteiger partial charge < -0.3 is 14.8 Å². The number of aromatic nitrogens is 4. The zero-order valence-corrected chi connectivity index (χ0v) is 14.1. The summed E-state index contributed by atoms with van der Waals surface area (Å²) >= 11 is 0. The van der Waals surface area contributed by atoms with Crippen molar-refractivity contribution < 1.29 is 14.3 Å². The SMILES string of the molecule is COc1cc(NC(=O)c2ccc(-n3cnnn3)c(C)c2)cc(OC)c1. The molecular formula is C17H17N5O3. The molecule has 128 valence electrons. The predicted octanol–water partition coefficient (Wildman–Crippen LogP) is 2.24. The lowest BCUT2D eigenvalue weighted by atomic mass is 10.1. The maximum absolute atomic E-state index is 12.5. The molecule has 0 bridgehead atoms. The van der Waals surface area contributed by atoms with E-state index in [1.54, 1.807) is 55.3 Å². The lowest BCUT2D eigenvalue weighted by Crippen LogP contribution is -2.13. The number of amides is 1. The molecule has 0 aliphatic rings. The zero-order valence-electron chi connectivity index (χ0n) is 14.1. The number of tetrazole rings is 1. The van der Waals surface area contributed by atoms with Crippen LogP contribution in [0.4, 0.5) is 5.69 Å². The first-order valence-electron chi connectivity index (χ1n) is 7.49. The minimum atomic E-state index is -0.235. The van der Waals surface area contributed by atoms with Gasteiger partial charge in [0.15, 0.2) is 0 Å². The highest BCUT2D eigenvalue weighted by Crippen LogP contribution is 2.26. The van der Waals surface area contributed by atoms with Crippen molar-refractivity contribution in [2.24, 2.45) is 0 Å². The average molecular weight is 339 g/mol. The van der Waals surface area contributed by atoms with Gasteiger partial charge >= 0.3 is 0 Å². The highest BCUT2D eigenvalue weighted by Gasteiger charge is 2.11. The van der Waals surface area contributed by atoms with Gasteiger partial charge in [-0.1, -0.05) is 0 Å². The molecule has 0 aliphatic heterocycles. The van der Waals surface area contributed by atoms with Crippen molar-refractivity contribution in [1.29, 1.82) is 0 Å². The molecule has 1 amide bonds. The van der Waals surface area contributed by atoms with E-state index in [1.807, 2.05) is 6.92 Å².